The Kier molecular flexibility index (Phi) is 5.78. The first-order chi connectivity index (χ1) is 10.1. The summed E-state index contributed by atoms with van der Waals surface area (Å²) in [6.07, 6.45) is -4.39. The fraction of sp³-hybridized carbons (Fsp3) is 0.429. The standard InChI is InChI=1S/C14H18F3N3O2/c1-8(2)11(20-13(18)22)12(21)19-7-9-3-5-10(6-4-9)14(15,16)17/h3-6,8,11H,7H2,1-2H3,(H,19,21)(H3,18,20,22). The molecule has 1 unspecified atom stereocenters. The van der Waals surface area contributed by atoms with Crippen molar-refractivity contribution in [2.75, 3.05) is 0 Å². The minimum Gasteiger partial charge on any atom is -0.352 e. The molecule has 0 aliphatic rings. The van der Waals surface area contributed by atoms with E-state index in [0.717, 1.165) is 12.1 Å². The van der Waals surface area contributed by atoms with Crippen LogP contribution in [0.25, 0.3) is 0 Å². The van der Waals surface area contributed by atoms with Crippen LogP contribution in [-0.2, 0) is 17.5 Å². The number of alkyl halides is 3. The molecule has 0 aliphatic carbocycles. The van der Waals surface area contributed by atoms with Crippen molar-refractivity contribution in [3.63, 3.8) is 0 Å². The number of hydrogen-bond donors (Lipinski definition) is 3. The zero-order valence-corrected chi connectivity index (χ0v) is 12.2. The molecule has 0 spiro atoms. The van der Waals surface area contributed by atoms with E-state index in [0.29, 0.717) is 5.56 Å². The van der Waals surface area contributed by atoms with Crippen LogP contribution in [0.5, 0.6) is 0 Å². The van der Waals surface area contributed by atoms with Gasteiger partial charge in [0.25, 0.3) is 0 Å². The van der Waals surface area contributed by atoms with Gasteiger partial charge >= 0.3 is 12.2 Å². The van der Waals surface area contributed by atoms with Gasteiger partial charge in [0.1, 0.15) is 6.04 Å². The summed E-state index contributed by atoms with van der Waals surface area (Å²) < 4.78 is 37.3. The van der Waals surface area contributed by atoms with Gasteiger partial charge in [-0.05, 0) is 23.6 Å². The van der Waals surface area contributed by atoms with E-state index >= 15 is 0 Å². The predicted octanol–water partition coefficient (Wildman–Crippen LogP) is 2.01. The Morgan fingerprint density at radius 1 is 1.18 bits per heavy atom. The molecule has 8 heteroatoms. The Hall–Kier alpha value is -2.25. The van der Waals surface area contributed by atoms with Gasteiger partial charge < -0.3 is 16.4 Å². The van der Waals surface area contributed by atoms with Crippen LogP contribution in [0.1, 0.15) is 25.0 Å². The van der Waals surface area contributed by atoms with E-state index in [1.165, 1.54) is 12.1 Å². The lowest BCUT2D eigenvalue weighted by atomic mass is 10.0. The maximum atomic E-state index is 12.4. The summed E-state index contributed by atoms with van der Waals surface area (Å²) in [6.45, 7) is 3.53. The average Bonchev–Trinajstić information content (AvgIpc) is 2.41. The van der Waals surface area contributed by atoms with Crippen LogP contribution in [0, 0.1) is 5.92 Å². The molecule has 3 amide bonds. The van der Waals surface area contributed by atoms with Crippen molar-refractivity contribution in [1.82, 2.24) is 10.6 Å². The third kappa shape index (κ3) is 5.27. The smallest absolute Gasteiger partial charge is 0.352 e. The highest BCUT2D eigenvalue weighted by Gasteiger charge is 2.30. The van der Waals surface area contributed by atoms with Gasteiger partial charge in [0, 0.05) is 6.54 Å². The second-order valence-corrected chi connectivity index (χ2v) is 5.14. The van der Waals surface area contributed by atoms with Gasteiger partial charge in [-0.2, -0.15) is 13.2 Å². The SMILES string of the molecule is CC(C)C(NC(N)=O)C(=O)NCc1ccc(C(F)(F)F)cc1. The molecule has 0 fully saturated rings. The molecule has 1 rings (SSSR count). The van der Waals surface area contributed by atoms with Crippen molar-refractivity contribution in [1.29, 1.82) is 0 Å². The number of primary amides is 1. The zero-order chi connectivity index (χ0) is 16.9. The van der Waals surface area contributed by atoms with Gasteiger partial charge in [-0.3, -0.25) is 4.79 Å². The molecule has 0 bridgehead atoms. The molecule has 1 aromatic rings. The molecule has 1 aromatic carbocycles. The van der Waals surface area contributed by atoms with Crippen LogP contribution >= 0.6 is 0 Å². The molecule has 0 radical (unpaired) electrons. The van der Waals surface area contributed by atoms with Crippen LogP contribution in [0.3, 0.4) is 0 Å². The van der Waals surface area contributed by atoms with Crippen molar-refractivity contribution in [2.45, 2.75) is 32.6 Å². The fourth-order valence-electron chi connectivity index (χ4n) is 1.80. The van der Waals surface area contributed by atoms with Gasteiger partial charge in [-0.1, -0.05) is 26.0 Å². The molecule has 4 N–H and O–H groups in total. The van der Waals surface area contributed by atoms with Crippen LogP contribution < -0.4 is 16.4 Å². The Bertz CT molecular complexity index is 527. The quantitative estimate of drug-likeness (QED) is 0.776. The van der Waals surface area contributed by atoms with Crippen molar-refractivity contribution < 1.29 is 22.8 Å². The first kappa shape index (κ1) is 17.8. The summed E-state index contributed by atoms with van der Waals surface area (Å²) in [5.74, 6) is -0.631. The highest BCUT2D eigenvalue weighted by Crippen LogP contribution is 2.29. The number of benzene rings is 1. The minimum absolute atomic E-state index is 0.0562. The number of amides is 3. The first-order valence-electron chi connectivity index (χ1n) is 6.61. The minimum atomic E-state index is -4.39. The molecule has 5 nitrogen and oxygen atoms in total. The number of hydrogen-bond acceptors (Lipinski definition) is 2. The summed E-state index contributed by atoms with van der Waals surface area (Å²) >= 11 is 0. The number of nitrogens with two attached hydrogens (primary N) is 1. The van der Waals surface area contributed by atoms with E-state index in [9.17, 15) is 22.8 Å². The van der Waals surface area contributed by atoms with Gasteiger partial charge in [-0.25, -0.2) is 4.79 Å². The van der Waals surface area contributed by atoms with Gasteiger partial charge in [0.05, 0.1) is 5.56 Å². The van der Waals surface area contributed by atoms with E-state index in [1.807, 2.05) is 0 Å². The van der Waals surface area contributed by atoms with E-state index < -0.39 is 29.7 Å². The second kappa shape index (κ2) is 7.15. The molecule has 122 valence electrons. The Morgan fingerprint density at radius 3 is 2.14 bits per heavy atom. The number of carbonyl (C=O) groups excluding carboxylic acids is 2. The average molecular weight is 317 g/mol. The van der Waals surface area contributed by atoms with E-state index in [1.54, 1.807) is 13.8 Å². The maximum absolute atomic E-state index is 12.4. The van der Waals surface area contributed by atoms with E-state index in [-0.39, 0.29) is 12.5 Å². The Morgan fingerprint density at radius 2 is 1.73 bits per heavy atom. The predicted molar refractivity (Wildman–Crippen MR) is 74.6 cm³/mol. The van der Waals surface area contributed by atoms with Gasteiger partial charge in [0.15, 0.2) is 0 Å². The van der Waals surface area contributed by atoms with Crippen LogP contribution in [0.4, 0.5) is 18.0 Å². The molecule has 22 heavy (non-hydrogen) atoms. The second-order valence-electron chi connectivity index (χ2n) is 5.14. The Balaban J connectivity index is 2.64. The van der Waals surface area contributed by atoms with Crippen molar-refractivity contribution in [3.8, 4) is 0 Å². The van der Waals surface area contributed by atoms with Crippen LogP contribution in [-0.4, -0.2) is 18.0 Å². The van der Waals surface area contributed by atoms with Gasteiger partial charge in [-0.15, -0.1) is 0 Å². The normalized spacial score (nSPS) is 12.8. The molecule has 0 heterocycles. The van der Waals surface area contributed by atoms with Gasteiger partial charge in [0.2, 0.25) is 5.91 Å². The highest BCUT2D eigenvalue weighted by molar-refractivity contribution is 5.86. The highest BCUT2D eigenvalue weighted by atomic mass is 19.4. The molecule has 1 atom stereocenters. The number of halogens is 3. The van der Waals surface area contributed by atoms with Crippen molar-refractivity contribution in [2.24, 2.45) is 11.7 Å². The van der Waals surface area contributed by atoms with Crippen LogP contribution in [0.15, 0.2) is 24.3 Å². The lowest BCUT2D eigenvalue weighted by molar-refractivity contribution is -0.137. The molecule has 0 saturated heterocycles. The summed E-state index contributed by atoms with van der Waals surface area (Å²) in [6, 6.07) is 2.85. The summed E-state index contributed by atoms with van der Waals surface area (Å²) in [5, 5.41) is 4.88. The zero-order valence-electron chi connectivity index (χ0n) is 12.2. The number of carbonyl (C=O) groups is 2. The molecule has 0 saturated carbocycles. The van der Waals surface area contributed by atoms with Crippen molar-refractivity contribution in [3.05, 3.63) is 35.4 Å². The third-order valence-electron chi connectivity index (χ3n) is 2.99. The third-order valence-corrected chi connectivity index (χ3v) is 2.99. The molecular formula is C14H18F3N3O2. The first-order valence-corrected chi connectivity index (χ1v) is 6.61. The monoisotopic (exact) mass is 317 g/mol. The number of rotatable bonds is 5. The number of nitrogens with one attached hydrogen (secondary N) is 2. The molecule has 0 aromatic heterocycles. The Labute approximate surface area is 126 Å². The summed E-state index contributed by atoms with van der Waals surface area (Å²) in [4.78, 5) is 22.8. The molecular weight excluding hydrogens is 299 g/mol. The van der Waals surface area contributed by atoms with E-state index in [4.69, 9.17) is 5.73 Å². The van der Waals surface area contributed by atoms with Crippen molar-refractivity contribution >= 4 is 11.9 Å². The molecule has 0 aliphatic heterocycles. The fourth-order valence-corrected chi connectivity index (χ4v) is 1.80. The lowest BCUT2D eigenvalue weighted by Crippen LogP contribution is -2.51. The summed E-state index contributed by atoms with van der Waals surface area (Å²) in [7, 11) is 0. The lowest BCUT2D eigenvalue weighted by Gasteiger charge is -2.20. The van der Waals surface area contributed by atoms with E-state index in [2.05, 4.69) is 10.6 Å². The summed E-state index contributed by atoms with van der Waals surface area (Å²) in [5.41, 5.74) is 4.76. The number of urea groups is 1. The topological polar surface area (TPSA) is 84.2 Å². The maximum Gasteiger partial charge on any atom is 0.416 e. The van der Waals surface area contributed by atoms with Crippen LogP contribution in [0.2, 0.25) is 0 Å². The largest absolute Gasteiger partial charge is 0.416 e.